The summed E-state index contributed by atoms with van der Waals surface area (Å²) in [6, 6.07) is 0. The van der Waals surface area contributed by atoms with Crippen LogP contribution in [0.25, 0.3) is 0 Å². The lowest BCUT2D eigenvalue weighted by Crippen LogP contribution is -2.40. The van der Waals surface area contributed by atoms with Crippen LogP contribution in [0.2, 0.25) is 0 Å². The van der Waals surface area contributed by atoms with E-state index in [9.17, 15) is 0 Å². The summed E-state index contributed by atoms with van der Waals surface area (Å²) in [6.07, 6.45) is 5.08. The largest absolute Gasteiger partial charge is 0.379 e. The summed E-state index contributed by atoms with van der Waals surface area (Å²) in [5, 5.41) is 3.38. The standard InChI is InChI=1S/C18H38N4O/c1-5-19-18(20-12-8-9-13-22(6-2)7-3)21(4)14-15-23-16-17-10-11-17/h17H,5-16H2,1-4H3,(H,19,20). The van der Waals surface area contributed by atoms with Gasteiger partial charge in [0.25, 0.3) is 0 Å². The Balaban J connectivity index is 2.18. The molecule has 1 rings (SSSR count). The number of guanidine groups is 1. The predicted molar refractivity (Wildman–Crippen MR) is 99.2 cm³/mol. The Morgan fingerprint density at radius 1 is 1.13 bits per heavy atom. The third-order valence-electron chi connectivity index (χ3n) is 4.36. The first kappa shape index (κ1) is 20.2. The minimum absolute atomic E-state index is 0.791. The van der Waals surface area contributed by atoms with Crippen molar-refractivity contribution in [2.24, 2.45) is 10.9 Å². The topological polar surface area (TPSA) is 40.1 Å². The van der Waals surface area contributed by atoms with E-state index in [-0.39, 0.29) is 0 Å². The minimum Gasteiger partial charge on any atom is -0.379 e. The molecule has 0 bridgehead atoms. The van der Waals surface area contributed by atoms with Crippen molar-refractivity contribution in [2.45, 2.75) is 46.5 Å². The molecule has 5 heteroatoms. The van der Waals surface area contributed by atoms with Crippen LogP contribution in [0.1, 0.15) is 46.5 Å². The molecule has 5 nitrogen and oxygen atoms in total. The number of rotatable bonds is 13. The summed E-state index contributed by atoms with van der Waals surface area (Å²) in [4.78, 5) is 9.40. The lowest BCUT2D eigenvalue weighted by atomic mass is 10.3. The second-order valence-electron chi connectivity index (χ2n) is 6.41. The van der Waals surface area contributed by atoms with Gasteiger partial charge in [-0.3, -0.25) is 4.99 Å². The Hall–Kier alpha value is -0.810. The number of hydrogen-bond donors (Lipinski definition) is 1. The third kappa shape index (κ3) is 9.82. The zero-order valence-corrected chi connectivity index (χ0v) is 15.8. The van der Waals surface area contributed by atoms with Crippen molar-refractivity contribution in [1.82, 2.24) is 15.1 Å². The average molecular weight is 327 g/mol. The first-order valence-electron chi connectivity index (χ1n) is 9.50. The van der Waals surface area contributed by atoms with E-state index in [0.29, 0.717) is 0 Å². The lowest BCUT2D eigenvalue weighted by molar-refractivity contribution is 0.115. The molecule has 1 N–H and O–H groups in total. The molecule has 136 valence electrons. The van der Waals surface area contributed by atoms with Crippen molar-refractivity contribution < 1.29 is 4.74 Å². The molecule has 0 atom stereocenters. The molecule has 23 heavy (non-hydrogen) atoms. The quantitative estimate of drug-likeness (QED) is 0.321. The normalized spacial score (nSPS) is 15.3. The highest BCUT2D eigenvalue weighted by atomic mass is 16.5. The van der Waals surface area contributed by atoms with Crippen molar-refractivity contribution in [1.29, 1.82) is 0 Å². The number of aliphatic imine (C=N–C) groups is 1. The van der Waals surface area contributed by atoms with Crippen LogP contribution in [-0.4, -0.2) is 75.3 Å². The molecule has 0 amide bonds. The minimum atomic E-state index is 0.791. The molecule has 0 unspecified atom stereocenters. The van der Waals surface area contributed by atoms with Gasteiger partial charge in [0.1, 0.15) is 0 Å². The number of ether oxygens (including phenoxy) is 1. The van der Waals surface area contributed by atoms with E-state index in [1.807, 2.05) is 0 Å². The van der Waals surface area contributed by atoms with Crippen molar-refractivity contribution >= 4 is 5.96 Å². The predicted octanol–water partition coefficient (Wildman–Crippen LogP) is 2.43. The van der Waals surface area contributed by atoms with Gasteiger partial charge < -0.3 is 19.9 Å². The summed E-state index contributed by atoms with van der Waals surface area (Å²) in [6.45, 7) is 14.5. The maximum absolute atomic E-state index is 5.72. The lowest BCUT2D eigenvalue weighted by Gasteiger charge is -2.22. The maximum Gasteiger partial charge on any atom is 0.193 e. The van der Waals surface area contributed by atoms with Crippen LogP contribution in [0.4, 0.5) is 0 Å². The van der Waals surface area contributed by atoms with Gasteiger partial charge >= 0.3 is 0 Å². The highest BCUT2D eigenvalue weighted by molar-refractivity contribution is 5.79. The van der Waals surface area contributed by atoms with Crippen molar-refractivity contribution in [3.05, 3.63) is 0 Å². The first-order valence-corrected chi connectivity index (χ1v) is 9.50. The zero-order valence-electron chi connectivity index (χ0n) is 15.8. The fourth-order valence-electron chi connectivity index (χ4n) is 2.48. The van der Waals surface area contributed by atoms with Gasteiger partial charge in [-0.05, 0) is 58.2 Å². The van der Waals surface area contributed by atoms with E-state index < -0.39 is 0 Å². The summed E-state index contributed by atoms with van der Waals surface area (Å²) in [7, 11) is 2.10. The molecule has 1 aliphatic carbocycles. The molecule has 0 aliphatic heterocycles. The van der Waals surface area contributed by atoms with Crippen molar-refractivity contribution in [3.8, 4) is 0 Å². The Labute approximate surface area is 143 Å². The van der Waals surface area contributed by atoms with Crippen molar-refractivity contribution in [2.75, 3.05) is 59.5 Å². The van der Waals surface area contributed by atoms with Gasteiger partial charge in [0, 0.05) is 33.3 Å². The van der Waals surface area contributed by atoms with E-state index in [1.54, 1.807) is 0 Å². The number of nitrogens with one attached hydrogen (secondary N) is 1. The summed E-state index contributed by atoms with van der Waals surface area (Å²) < 4.78 is 5.72. The van der Waals surface area contributed by atoms with Crippen LogP contribution >= 0.6 is 0 Å². The average Bonchev–Trinajstić information content (AvgIpc) is 3.38. The van der Waals surface area contributed by atoms with E-state index >= 15 is 0 Å². The molecular weight excluding hydrogens is 288 g/mol. The van der Waals surface area contributed by atoms with Gasteiger partial charge in [0.05, 0.1) is 6.61 Å². The van der Waals surface area contributed by atoms with E-state index in [4.69, 9.17) is 9.73 Å². The van der Waals surface area contributed by atoms with E-state index in [0.717, 1.165) is 64.2 Å². The SMILES string of the molecule is CCNC(=NCCCCN(CC)CC)N(C)CCOCC1CC1. The Bertz CT molecular complexity index is 314. The molecule has 0 heterocycles. The number of hydrogen-bond acceptors (Lipinski definition) is 3. The van der Waals surface area contributed by atoms with Crippen LogP contribution in [0.15, 0.2) is 4.99 Å². The Morgan fingerprint density at radius 3 is 2.48 bits per heavy atom. The fraction of sp³-hybridized carbons (Fsp3) is 0.944. The van der Waals surface area contributed by atoms with Gasteiger partial charge in [-0.25, -0.2) is 0 Å². The van der Waals surface area contributed by atoms with Crippen LogP contribution in [0.3, 0.4) is 0 Å². The zero-order chi connectivity index (χ0) is 16.9. The molecule has 0 aromatic carbocycles. The van der Waals surface area contributed by atoms with E-state index in [1.165, 1.54) is 25.8 Å². The van der Waals surface area contributed by atoms with Gasteiger partial charge in [0.15, 0.2) is 5.96 Å². The Morgan fingerprint density at radius 2 is 1.87 bits per heavy atom. The number of unbranched alkanes of at least 4 members (excludes halogenated alkanes) is 1. The first-order chi connectivity index (χ1) is 11.2. The van der Waals surface area contributed by atoms with Crippen LogP contribution < -0.4 is 5.32 Å². The fourth-order valence-corrected chi connectivity index (χ4v) is 2.48. The molecule has 1 saturated carbocycles. The monoisotopic (exact) mass is 326 g/mol. The molecule has 0 spiro atoms. The third-order valence-corrected chi connectivity index (χ3v) is 4.36. The molecule has 0 saturated heterocycles. The highest BCUT2D eigenvalue weighted by Gasteiger charge is 2.21. The van der Waals surface area contributed by atoms with Gasteiger partial charge in [0.2, 0.25) is 0 Å². The molecule has 0 aromatic rings. The molecule has 1 fully saturated rings. The highest BCUT2D eigenvalue weighted by Crippen LogP contribution is 2.28. The Kier molecular flexibility index (Phi) is 11.1. The van der Waals surface area contributed by atoms with Crippen LogP contribution in [0, 0.1) is 5.92 Å². The maximum atomic E-state index is 5.72. The smallest absolute Gasteiger partial charge is 0.193 e. The summed E-state index contributed by atoms with van der Waals surface area (Å²) in [5.74, 6) is 1.85. The second-order valence-corrected chi connectivity index (χ2v) is 6.41. The van der Waals surface area contributed by atoms with Gasteiger partial charge in [-0.15, -0.1) is 0 Å². The van der Waals surface area contributed by atoms with Crippen LogP contribution in [-0.2, 0) is 4.74 Å². The van der Waals surface area contributed by atoms with Crippen LogP contribution in [0.5, 0.6) is 0 Å². The van der Waals surface area contributed by atoms with Gasteiger partial charge in [-0.1, -0.05) is 13.8 Å². The molecular formula is C18H38N4O. The van der Waals surface area contributed by atoms with Gasteiger partial charge in [-0.2, -0.15) is 0 Å². The van der Waals surface area contributed by atoms with Crippen molar-refractivity contribution in [3.63, 3.8) is 0 Å². The molecule has 0 aromatic heterocycles. The van der Waals surface area contributed by atoms with E-state index in [2.05, 4.69) is 42.9 Å². The summed E-state index contributed by atoms with van der Waals surface area (Å²) in [5.41, 5.74) is 0. The molecule has 1 aliphatic rings. The number of nitrogens with zero attached hydrogens (tertiary/aromatic N) is 3. The molecule has 0 radical (unpaired) electrons. The number of likely N-dealkylation sites (N-methyl/N-ethyl adjacent to an activating group) is 1. The second kappa shape index (κ2) is 12.6. The summed E-state index contributed by atoms with van der Waals surface area (Å²) >= 11 is 0.